The van der Waals surface area contributed by atoms with Gasteiger partial charge in [0.15, 0.2) is 17.5 Å². The van der Waals surface area contributed by atoms with Gasteiger partial charge in [-0.05, 0) is 65.5 Å². The molecule has 8 heteroatoms. The molecule has 0 saturated carbocycles. The molecule has 9 aromatic carbocycles. The minimum atomic E-state index is 0.561. The van der Waals surface area contributed by atoms with Gasteiger partial charge in [0.25, 0.3) is 0 Å². The highest BCUT2D eigenvalue weighted by atomic mass is 32.1. The van der Waals surface area contributed by atoms with Gasteiger partial charge < -0.3 is 13.3 Å². The van der Waals surface area contributed by atoms with Crippen LogP contribution < -0.4 is 0 Å². The van der Waals surface area contributed by atoms with Crippen molar-refractivity contribution in [1.29, 1.82) is 0 Å². The minimum absolute atomic E-state index is 0.561. The molecule has 63 heavy (non-hydrogen) atoms. The number of furan rings is 3. The molecule has 6 nitrogen and oxygen atoms in total. The van der Waals surface area contributed by atoms with Gasteiger partial charge in [-0.3, -0.25) is 0 Å². The zero-order chi connectivity index (χ0) is 40.9. The van der Waals surface area contributed by atoms with E-state index in [-0.39, 0.29) is 0 Å². The van der Waals surface area contributed by atoms with E-state index in [9.17, 15) is 0 Å². The third-order valence-electron chi connectivity index (χ3n) is 12.7. The van der Waals surface area contributed by atoms with Gasteiger partial charge in [0.2, 0.25) is 0 Å². The molecular formula is C55H27N3O3S2. The maximum atomic E-state index is 6.98. The number of rotatable bonds is 4. The largest absolute Gasteiger partial charge is 0.456 e. The first kappa shape index (κ1) is 33.8. The number of hydrogen-bond donors (Lipinski definition) is 0. The number of thiophene rings is 1. The Morgan fingerprint density at radius 1 is 0.333 bits per heavy atom. The highest BCUT2D eigenvalue weighted by Crippen LogP contribution is 2.54. The number of benzene rings is 9. The van der Waals surface area contributed by atoms with E-state index in [4.69, 9.17) is 28.2 Å². The molecule has 0 unspecified atom stereocenters. The molecule has 0 aliphatic rings. The Morgan fingerprint density at radius 3 is 1.84 bits per heavy atom. The predicted molar refractivity (Wildman–Crippen MR) is 260 cm³/mol. The van der Waals surface area contributed by atoms with Gasteiger partial charge in [0.05, 0.1) is 0 Å². The summed E-state index contributed by atoms with van der Waals surface area (Å²) in [4.78, 5) is 16.0. The highest BCUT2D eigenvalue weighted by molar-refractivity contribution is 7.29. The van der Waals surface area contributed by atoms with Gasteiger partial charge in [0.1, 0.15) is 33.5 Å². The van der Waals surface area contributed by atoms with Crippen LogP contribution in [0.3, 0.4) is 0 Å². The molecular weight excluding hydrogens is 815 g/mol. The molecule has 0 aliphatic carbocycles. The van der Waals surface area contributed by atoms with Crippen LogP contribution in [0.4, 0.5) is 0 Å². The molecule has 0 amide bonds. The second kappa shape index (κ2) is 12.4. The van der Waals surface area contributed by atoms with Crippen molar-refractivity contribution in [2.75, 3.05) is 0 Å². The molecule has 0 bridgehead atoms. The Hall–Kier alpha value is -7.91. The van der Waals surface area contributed by atoms with Gasteiger partial charge in [0, 0.05) is 89.5 Å². The Kier molecular flexibility index (Phi) is 6.62. The van der Waals surface area contributed by atoms with Crippen LogP contribution in [0.25, 0.3) is 151 Å². The number of aromatic nitrogens is 3. The van der Waals surface area contributed by atoms with Crippen molar-refractivity contribution >= 4 is 129 Å². The SMILES string of the molecule is c1ccc(-c2c3ccccc3c3sc4ccc(-c5nc(-c6ccc7c(c6)oc6ccccc67)nc(-c6cccc7oc8ccccc8c67)n5)c5sc6ccc7oc2c3c7c6c45)cc1. The van der Waals surface area contributed by atoms with Crippen molar-refractivity contribution < 1.29 is 13.3 Å². The molecule has 0 N–H and O–H groups in total. The standard InChI is InChI=1S/C55H27N3O3S2/c1-2-11-28(12-3-1)44-32-14-4-5-15-33(32)51-49-46-40(61-50(44)49)24-26-42-47(46)48-43(63-51)25-23-36(52(48)62-42)55-57-53(29-21-22-31-30-13-6-8-18-37(30)60-41(31)27-29)56-54(58-55)35-17-10-20-39-45(35)34-16-7-9-19-38(34)59-39/h1-27H. The molecule has 0 aliphatic heterocycles. The first-order valence-electron chi connectivity index (χ1n) is 20.8. The fraction of sp³-hybridized carbons (Fsp3) is 0. The maximum absolute atomic E-state index is 6.98. The van der Waals surface area contributed by atoms with Crippen LogP contribution in [-0.2, 0) is 0 Å². The summed E-state index contributed by atoms with van der Waals surface area (Å²) >= 11 is 3.62. The fourth-order valence-corrected chi connectivity index (χ4v) is 12.6. The molecule has 0 spiro atoms. The summed E-state index contributed by atoms with van der Waals surface area (Å²) in [6.07, 6.45) is 0. The summed E-state index contributed by atoms with van der Waals surface area (Å²) in [5, 5.41) is 11.2. The summed E-state index contributed by atoms with van der Waals surface area (Å²) in [6, 6.07) is 56.8. The van der Waals surface area contributed by atoms with Crippen molar-refractivity contribution in [2.45, 2.75) is 0 Å². The number of nitrogens with zero attached hydrogens (tertiary/aromatic N) is 3. The lowest BCUT2D eigenvalue weighted by Gasteiger charge is -2.10. The Labute approximate surface area is 364 Å². The molecule has 0 fully saturated rings. The Balaban J connectivity index is 1.04. The lowest BCUT2D eigenvalue weighted by Crippen LogP contribution is -2.00. The predicted octanol–water partition coefficient (Wildman–Crippen LogP) is 16.4. The average molecular weight is 842 g/mol. The van der Waals surface area contributed by atoms with Crippen molar-refractivity contribution in [2.24, 2.45) is 0 Å². The third-order valence-corrected chi connectivity index (χ3v) is 15.1. The van der Waals surface area contributed by atoms with Gasteiger partial charge in [-0.1, -0.05) is 109 Å². The van der Waals surface area contributed by atoms with E-state index in [1.807, 2.05) is 59.9 Å². The Bertz CT molecular complexity index is 4400. The molecule has 6 heterocycles. The van der Waals surface area contributed by atoms with E-state index in [0.29, 0.717) is 17.5 Å². The van der Waals surface area contributed by atoms with Gasteiger partial charge in [-0.2, -0.15) is 0 Å². The lowest BCUT2D eigenvalue weighted by atomic mass is 9.94. The van der Waals surface area contributed by atoms with E-state index in [0.717, 1.165) is 92.9 Å². The zero-order valence-corrected chi connectivity index (χ0v) is 34.6. The monoisotopic (exact) mass is 841 g/mol. The van der Waals surface area contributed by atoms with E-state index in [1.54, 1.807) is 11.3 Å². The smallest absolute Gasteiger partial charge is 0.165 e. The Morgan fingerprint density at radius 2 is 0.968 bits per heavy atom. The van der Waals surface area contributed by atoms with E-state index < -0.39 is 0 Å². The first-order valence-corrected chi connectivity index (χ1v) is 22.5. The normalized spacial score (nSPS) is 12.4. The maximum Gasteiger partial charge on any atom is 0.165 e. The van der Waals surface area contributed by atoms with Crippen LogP contribution in [0.5, 0.6) is 0 Å². The quantitative estimate of drug-likeness (QED) is 0.176. The molecule has 15 aromatic rings. The summed E-state index contributed by atoms with van der Waals surface area (Å²) in [5.41, 5.74) is 9.97. The van der Waals surface area contributed by atoms with Crippen LogP contribution in [-0.4, -0.2) is 15.0 Å². The van der Waals surface area contributed by atoms with E-state index in [1.165, 1.54) is 41.0 Å². The van der Waals surface area contributed by atoms with Crippen molar-refractivity contribution in [1.82, 2.24) is 15.0 Å². The van der Waals surface area contributed by atoms with Gasteiger partial charge in [-0.25, -0.2) is 15.0 Å². The molecule has 0 saturated heterocycles. The third kappa shape index (κ3) is 4.63. The number of hydrogen-bond acceptors (Lipinski definition) is 8. The topological polar surface area (TPSA) is 78.1 Å². The van der Waals surface area contributed by atoms with Gasteiger partial charge >= 0.3 is 0 Å². The van der Waals surface area contributed by atoms with Crippen molar-refractivity contribution in [3.63, 3.8) is 0 Å². The molecule has 292 valence electrons. The van der Waals surface area contributed by atoms with Crippen LogP contribution in [0.1, 0.15) is 0 Å². The number of fused-ring (bicyclic) bond motifs is 8. The average Bonchev–Trinajstić information content (AvgIpc) is 4.09. The van der Waals surface area contributed by atoms with Crippen LogP contribution >= 0.6 is 22.7 Å². The van der Waals surface area contributed by atoms with E-state index in [2.05, 4.69) is 115 Å². The summed E-state index contributed by atoms with van der Waals surface area (Å²) in [7, 11) is 0. The minimum Gasteiger partial charge on any atom is -0.456 e. The number of para-hydroxylation sites is 2. The van der Waals surface area contributed by atoms with Crippen LogP contribution in [0.2, 0.25) is 0 Å². The second-order valence-electron chi connectivity index (χ2n) is 16.1. The van der Waals surface area contributed by atoms with Crippen LogP contribution in [0.15, 0.2) is 177 Å². The second-order valence-corrected chi connectivity index (χ2v) is 18.2. The first-order chi connectivity index (χ1) is 31.2. The lowest BCUT2D eigenvalue weighted by molar-refractivity contribution is 0.668. The molecule has 15 rings (SSSR count). The molecule has 0 radical (unpaired) electrons. The molecule has 0 atom stereocenters. The van der Waals surface area contributed by atoms with Crippen molar-refractivity contribution in [3.05, 3.63) is 164 Å². The van der Waals surface area contributed by atoms with Crippen molar-refractivity contribution in [3.8, 4) is 45.3 Å². The summed E-state index contributed by atoms with van der Waals surface area (Å²) < 4.78 is 24.4. The van der Waals surface area contributed by atoms with Gasteiger partial charge in [-0.15, -0.1) is 22.7 Å². The molecule has 6 aromatic heterocycles. The van der Waals surface area contributed by atoms with Crippen LogP contribution in [0, 0.1) is 0 Å². The van der Waals surface area contributed by atoms with E-state index >= 15 is 0 Å². The summed E-state index contributed by atoms with van der Waals surface area (Å²) in [5.74, 6) is 1.73. The summed E-state index contributed by atoms with van der Waals surface area (Å²) in [6.45, 7) is 0. The highest BCUT2D eigenvalue weighted by Gasteiger charge is 2.27. The fourth-order valence-electron chi connectivity index (χ4n) is 10.0. The zero-order valence-electron chi connectivity index (χ0n) is 33.0.